The molecule has 26 heavy (non-hydrogen) atoms. The van der Waals surface area contributed by atoms with Crippen molar-refractivity contribution in [3.05, 3.63) is 45.1 Å². The van der Waals surface area contributed by atoms with Crippen LogP contribution in [0.2, 0.25) is 5.02 Å². The Morgan fingerprint density at radius 3 is 2.77 bits per heavy atom. The zero-order valence-electron chi connectivity index (χ0n) is 15.6. The zero-order chi connectivity index (χ0) is 18.9. The summed E-state index contributed by atoms with van der Waals surface area (Å²) in [7, 11) is 3.37. The lowest BCUT2D eigenvalue weighted by Crippen LogP contribution is -2.38. The first-order valence-electron chi connectivity index (χ1n) is 8.54. The summed E-state index contributed by atoms with van der Waals surface area (Å²) in [5, 5.41) is 11.5. The maximum Gasteiger partial charge on any atom is 0.191 e. The van der Waals surface area contributed by atoms with Gasteiger partial charge in [0.2, 0.25) is 0 Å². The minimum Gasteiger partial charge on any atom is -0.493 e. The van der Waals surface area contributed by atoms with Crippen LogP contribution in [0.15, 0.2) is 34.0 Å². The fourth-order valence-corrected chi connectivity index (χ4v) is 3.56. The van der Waals surface area contributed by atoms with Gasteiger partial charge in [-0.15, -0.1) is 0 Å². The molecule has 0 saturated carbocycles. The van der Waals surface area contributed by atoms with Gasteiger partial charge >= 0.3 is 0 Å². The summed E-state index contributed by atoms with van der Waals surface area (Å²) in [4.78, 5) is 4.28. The van der Waals surface area contributed by atoms with Crippen molar-refractivity contribution in [2.24, 2.45) is 4.99 Å². The second-order valence-electron chi connectivity index (χ2n) is 5.81. The molecule has 7 heteroatoms. The highest BCUT2D eigenvalue weighted by Crippen LogP contribution is 2.36. The van der Waals surface area contributed by atoms with E-state index in [4.69, 9.17) is 21.1 Å². The summed E-state index contributed by atoms with van der Waals surface area (Å²) in [5.41, 5.74) is 2.32. The number of nitrogens with zero attached hydrogens (tertiary/aromatic N) is 1. The number of benzene rings is 1. The van der Waals surface area contributed by atoms with E-state index in [9.17, 15) is 0 Å². The van der Waals surface area contributed by atoms with Gasteiger partial charge in [0.1, 0.15) is 0 Å². The number of ether oxygens (including phenoxy) is 2. The monoisotopic (exact) mass is 395 g/mol. The first kappa shape index (κ1) is 20.4. The standard InChI is InChI=1S/C19H26ClN3O2S/c1-5-25-18-16(20)8-14(9-17(18)24-4)11-23-19(21-3)22-10-13(2)15-6-7-26-12-15/h6-9,12-13H,5,10-11H2,1-4H3,(H2,21,22,23). The van der Waals surface area contributed by atoms with E-state index in [0.29, 0.717) is 35.6 Å². The van der Waals surface area contributed by atoms with Gasteiger partial charge in [-0.2, -0.15) is 11.3 Å². The van der Waals surface area contributed by atoms with E-state index in [1.54, 1.807) is 25.5 Å². The van der Waals surface area contributed by atoms with Crippen LogP contribution < -0.4 is 20.1 Å². The average Bonchev–Trinajstić information content (AvgIpc) is 3.18. The number of guanidine groups is 1. The molecule has 0 bridgehead atoms. The highest BCUT2D eigenvalue weighted by Gasteiger charge is 2.12. The number of halogens is 1. The Morgan fingerprint density at radius 2 is 2.15 bits per heavy atom. The second kappa shape index (κ2) is 10.3. The zero-order valence-corrected chi connectivity index (χ0v) is 17.2. The summed E-state index contributed by atoms with van der Waals surface area (Å²) in [6.45, 7) is 6.03. The predicted molar refractivity (Wildman–Crippen MR) is 110 cm³/mol. The highest BCUT2D eigenvalue weighted by molar-refractivity contribution is 7.07. The van der Waals surface area contributed by atoms with Crippen molar-refractivity contribution in [1.82, 2.24) is 10.6 Å². The van der Waals surface area contributed by atoms with E-state index < -0.39 is 0 Å². The van der Waals surface area contributed by atoms with Crippen LogP contribution in [-0.4, -0.2) is 33.3 Å². The fraction of sp³-hybridized carbons (Fsp3) is 0.421. The first-order valence-corrected chi connectivity index (χ1v) is 9.86. The van der Waals surface area contributed by atoms with Gasteiger partial charge in [-0.1, -0.05) is 18.5 Å². The molecule has 0 saturated heterocycles. The molecule has 2 aromatic rings. The van der Waals surface area contributed by atoms with E-state index >= 15 is 0 Å². The van der Waals surface area contributed by atoms with Crippen LogP contribution in [0.4, 0.5) is 0 Å². The van der Waals surface area contributed by atoms with E-state index in [-0.39, 0.29) is 0 Å². The Labute approximate surface area is 164 Å². The van der Waals surface area contributed by atoms with E-state index in [0.717, 1.165) is 18.1 Å². The normalized spacial score (nSPS) is 12.6. The van der Waals surface area contributed by atoms with E-state index in [2.05, 4.69) is 39.4 Å². The van der Waals surface area contributed by atoms with Gasteiger partial charge < -0.3 is 20.1 Å². The molecule has 142 valence electrons. The minimum atomic E-state index is 0.416. The molecule has 1 aromatic heterocycles. The molecule has 0 aliphatic carbocycles. The molecule has 1 unspecified atom stereocenters. The van der Waals surface area contributed by atoms with Crippen LogP contribution >= 0.6 is 22.9 Å². The third-order valence-electron chi connectivity index (χ3n) is 3.95. The second-order valence-corrected chi connectivity index (χ2v) is 6.99. The molecule has 1 aromatic carbocycles. The molecule has 0 spiro atoms. The van der Waals surface area contributed by atoms with E-state index in [1.807, 2.05) is 19.1 Å². The highest BCUT2D eigenvalue weighted by atomic mass is 35.5. The molecule has 1 heterocycles. The van der Waals surface area contributed by atoms with Crippen molar-refractivity contribution in [1.29, 1.82) is 0 Å². The quantitative estimate of drug-likeness (QED) is 0.517. The fourth-order valence-electron chi connectivity index (χ4n) is 2.49. The van der Waals surface area contributed by atoms with Crippen LogP contribution in [0.1, 0.15) is 30.9 Å². The molecular weight excluding hydrogens is 370 g/mol. The van der Waals surface area contributed by atoms with Crippen LogP contribution in [-0.2, 0) is 6.54 Å². The number of methoxy groups -OCH3 is 1. The molecular formula is C19H26ClN3O2S. The molecule has 0 aliphatic rings. The topological polar surface area (TPSA) is 54.9 Å². The van der Waals surface area contributed by atoms with Gasteiger partial charge in [0.05, 0.1) is 18.7 Å². The molecule has 5 nitrogen and oxygen atoms in total. The van der Waals surface area contributed by atoms with Crippen molar-refractivity contribution in [2.45, 2.75) is 26.3 Å². The largest absolute Gasteiger partial charge is 0.493 e. The Balaban J connectivity index is 1.94. The van der Waals surface area contributed by atoms with Gasteiger partial charge in [-0.25, -0.2) is 0 Å². The summed E-state index contributed by atoms with van der Waals surface area (Å²) >= 11 is 8.04. The van der Waals surface area contributed by atoms with Gasteiger partial charge in [0.25, 0.3) is 0 Å². The molecule has 1 atom stereocenters. The molecule has 0 amide bonds. The van der Waals surface area contributed by atoms with Crippen molar-refractivity contribution < 1.29 is 9.47 Å². The van der Waals surface area contributed by atoms with Gasteiger partial charge in [0, 0.05) is 20.1 Å². The maximum atomic E-state index is 6.32. The van der Waals surface area contributed by atoms with Gasteiger partial charge in [0.15, 0.2) is 17.5 Å². The third-order valence-corrected chi connectivity index (χ3v) is 4.93. The Hall–Kier alpha value is -1.92. The number of rotatable bonds is 8. The van der Waals surface area contributed by atoms with Crippen molar-refractivity contribution in [2.75, 3.05) is 27.3 Å². The third kappa shape index (κ3) is 5.54. The lowest BCUT2D eigenvalue weighted by molar-refractivity contribution is 0.311. The van der Waals surface area contributed by atoms with Crippen molar-refractivity contribution >= 4 is 28.9 Å². The number of aliphatic imine (C=N–C) groups is 1. The Morgan fingerprint density at radius 1 is 1.35 bits per heavy atom. The number of thiophene rings is 1. The summed E-state index contributed by atoms with van der Waals surface area (Å²) in [6, 6.07) is 5.95. The summed E-state index contributed by atoms with van der Waals surface area (Å²) < 4.78 is 10.9. The number of hydrogen-bond donors (Lipinski definition) is 2. The average molecular weight is 396 g/mol. The van der Waals surface area contributed by atoms with Crippen LogP contribution in [0, 0.1) is 0 Å². The minimum absolute atomic E-state index is 0.416. The van der Waals surface area contributed by atoms with Gasteiger partial charge in [-0.3, -0.25) is 4.99 Å². The Bertz CT molecular complexity index is 720. The molecule has 0 radical (unpaired) electrons. The summed E-state index contributed by atoms with van der Waals surface area (Å²) in [5.74, 6) is 2.37. The van der Waals surface area contributed by atoms with E-state index in [1.165, 1.54) is 5.56 Å². The van der Waals surface area contributed by atoms with Crippen molar-refractivity contribution in [3.63, 3.8) is 0 Å². The molecule has 0 fully saturated rings. The number of nitrogens with one attached hydrogen (secondary N) is 2. The lowest BCUT2D eigenvalue weighted by atomic mass is 10.1. The van der Waals surface area contributed by atoms with Crippen LogP contribution in [0.3, 0.4) is 0 Å². The smallest absolute Gasteiger partial charge is 0.191 e. The lowest BCUT2D eigenvalue weighted by Gasteiger charge is -2.17. The summed E-state index contributed by atoms with van der Waals surface area (Å²) in [6.07, 6.45) is 0. The SMILES string of the molecule is CCOc1c(Cl)cc(CNC(=NC)NCC(C)c2ccsc2)cc1OC. The van der Waals surface area contributed by atoms with Crippen molar-refractivity contribution in [3.8, 4) is 11.5 Å². The molecule has 2 N–H and O–H groups in total. The van der Waals surface area contributed by atoms with Crippen LogP contribution in [0.5, 0.6) is 11.5 Å². The molecule has 0 aliphatic heterocycles. The number of hydrogen-bond acceptors (Lipinski definition) is 4. The maximum absolute atomic E-state index is 6.32. The van der Waals surface area contributed by atoms with Crippen LogP contribution in [0.25, 0.3) is 0 Å². The predicted octanol–water partition coefficient (Wildman–Crippen LogP) is 4.28. The molecule has 2 rings (SSSR count). The first-order chi connectivity index (χ1) is 12.6. The van der Waals surface area contributed by atoms with Gasteiger partial charge in [-0.05, 0) is 52.9 Å². The Kier molecular flexibility index (Phi) is 8.06.